The van der Waals surface area contributed by atoms with Gasteiger partial charge in [0.1, 0.15) is 17.3 Å². The highest BCUT2D eigenvalue weighted by Crippen LogP contribution is 2.28. The molecule has 12 heteroatoms. The van der Waals surface area contributed by atoms with Crippen molar-refractivity contribution in [2.24, 2.45) is 0 Å². The summed E-state index contributed by atoms with van der Waals surface area (Å²) in [5.41, 5.74) is -0.220. The predicted octanol–water partition coefficient (Wildman–Crippen LogP) is 3.21. The van der Waals surface area contributed by atoms with Gasteiger partial charge in [-0.3, -0.25) is 24.5 Å². The Morgan fingerprint density at radius 3 is 2.52 bits per heavy atom. The number of amides is 2. The first-order valence-electron chi connectivity index (χ1n) is 8.68. The monoisotopic (exact) mass is 469 g/mol. The van der Waals surface area contributed by atoms with Crippen LogP contribution in [-0.4, -0.2) is 42.5 Å². The second-order valence-electron chi connectivity index (χ2n) is 6.07. The molecular weight excluding hydrogens is 453 g/mol. The highest BCUT2D eigenvalue weighted by molar-refractivity contribution is 6.32. The minimum Gasteiger partial charge on any atom is -0.495 e. The molecular formula is C19H17Cl2N3O7. The molecule has 1 atom stereocenters. The zero-order valence-electron chi connectivity index (χ0n) is 16.3. The lowest BCUT2D eigenvalue weighted by molar-refractivity contribution is -0.384. The van der Waals surface area contributed by atoms with Crippen LogP contribution < -0.4 is 15.4 Å². The third kappa shape index (κ3) is 6.56. The molecule has 0 saturated carbocycles. The Bertz CT molecular complexity index is 1030. The van der Waals surface area contributed by atoms with Crippen LogP contribution in [-0.2, 0) is 14.3 Å². The lowest BCUT2D eigenvalue weighted by Crippen LogP contribution is -2.35. The van der Waals surface area contributed by atoms with Crippen LogP contribution in [0.15, 0.2) is 36.4 Å². The average Bonchev–Trinajstić information content (AvgIpc) is 2.72. The van der Waals surface area contributed by atoms with Crippen molar-refractivity contribution >= 4 is 52.4 Å². The van der Waals surface area contributed by atoms with Gasteiger partial charge in [0, 0.05) is 16.7 Å². The second-order valence-corrected chi connectivity index (χ2v) is 6.92. The molecule has 1 unspecified atom stereocenters. The van der Waals surface area contributed by atoms with Gasteiger partial charge >= 0.3 is 5.97 Å². The molecule has 2 N–H and O–H groups in total. The number of anilines is 1. The molecule has 31 heavy (non-hydrogen) atoms. The van der Waals surface area contributed by atoms with E-state index in [1.165, 1.54) is 32.2 Å². The molecule has 2 aromatic rings. The highest BCUT2D eigenvalue weighted by Gasteiger charge is 2.21. The van der Waals surface area contributed by atoms with Crippen LogP contribution in [0.5, 0.6) is 5.75 Å². The number of nitrogens with one attached hydrogen (secondary N) is 2. The summed E-state index contributed by atoms with van der Waals surface area (Å²) in [7, 11) is 1.42. The van der Waals surface area contributed by atoms with Crippen LogP contribution in [0.4, 0.5) is 11.4 Å². The summed E-state index contributed by atoms with van der Waals surface area (Å²) >= 11 is 11.6. The third-order valence-electron chi connectivity index (χ3n) is 3.90. The zero-order valence-corrected chi connectivity index (χ0v) is 17.8. The van der Waals surface area contributed by atoms with Crippen LogP contribution in [0.3, 0.4) is 0 Å². The Kier molecular flexibility index (Phi) is 8.17. The van der Waals surface area contributed by atoms with Gasteiger partial charge < -0.3 is 20.1 Å². The molecule has 0 saturated heterocycles. The maximum atomic E-state index is 12.3. The number of ether oxygens (including phenoxy) is 2. The summed E-state index contributed by atoms with van der Waals surface area (Å²) in [5, 5.41) is 15.9. The van der Waals surface area contributed by atoms with Crippen molar-refractivity contribution in [2.45, 2.75) is 13.0 Å². The number of halogens is 2. The van der Waals surface area contributed by atoms with Crippen LogP contribution in [0.25, 0.3) is 0 Å². The summed E-state index contributed by atoms with van der Waals surface area (Å²) in [5.74, 6) is -1.93. The summed E-state index contributed by atoms with van der Waals surface area (Å²) in [4.78, 5) is 46.5. The van der Waals surface area contributed by atoms with Crippen LogP contribution in [0, 0.1) is 10.1 Å². The first-order valence-corrected chi connectivity index (χ1v) is 9.44. The predicted molar refractivity (Wildman–Crippen MR) is 113 cm³/mol. The minimum absolute atomic E-state index is 0.0669. The van der Waals surface area contributed by atoms with E-state index in [2.05, 4.69) is 10.6 Å². The van der Waals surface area contributed by atoms with E-state index in [0.29, 0.717) is 16.5 Å². The second kappa shape index (κ2) is 10.6. The fraction of sp³-hybridized carbons (Fsp3) is 0.211. The summed E-state index contributed by atoms with van der Waals surface area (Å²) < 4.78 is 10.1. The third-order valence-corrected chi connectivity index (χ3v) is 4.45. The number of benzene rings is 2. The Hall–Kier alpha value is -3.37. The molecule has 10 nitrogen and oxygen atoms in total. The first kappa shape index (κ1) is 23.9. The molecule has 0 heterocycles. The Morgan fingerprint density at radius 2 is 1.87 bits per heavy atom. The lowest BCUT2D eigenvalue weighted by Gasteiger charge is -2.15. The van der Waals surface area contributed by atoms with E-state index >= 15 is 0 Å². The van der Waals surface area contributed by atoms with E-state index < -0.39 is 41.0 Å². The number of methoxy groups -OCH3 is 1. The van der Waals surface area contributed by atoms with E-state index in [9.17, 15) is 24.5 Å². The number of carbonyl (C=O) groups excluding carboxylic acids is 3. The maximum absolute atomic E-state index is 12.3. The van der Waals surface area contributed by atoms with Crippen molar-refractivity contribution in [3.8, 4) is 5.75 Å². The summed E-state index contributed by atoms with van der Waals surface area (Å²) in [6, 6.07) is 8.06. The Morgan fingerprint density at radius 1 is 1.16 bits per heavy atom. The molecule has 2 aromatic carbocycles. The minimum atomic E-state index is -1.19. The van der Waals surface area contributed by atoms with E-state index in [1.807, 2.05) is 0 Å². The number of carbonyl (C=O) groups is 3. The Balaban J connectivity index is 1.91. The number of esters is 1. The van der Waals surface area contributed by atoms with E-state index in [-0.39, 0.29) is 10.6 Å². The molecule has 0 aliphatic rings. The fourth-order valence-corrected chi connectivity index (χ4v) is 2.71. The van der Waals surface area contributed by atoms with Gasteiger partial charge in [-0.15, -0.1) is 0 Å². The van der Waals surface area contributed by atoms with E-state index in [1.54, 1.807) is 12.1 Å². The number of nitrogens with zero attached hydrogens (tertiary/aromatic N) is 1. The van der Waals surface area contributed by atoms with Gasteiger partial charge in [-0.2, -0.15) is 0 Å². The van der Waals surface area contributed by atoms with Crippen molar-refractivity contribution in [1.82, 2.24) is 5.32 Å². The van der Waals surface area contributed by atoms with Gasteiger partial charge in [0.2, 0.25) is 0 Å². The fourth-order valence-electron chi connectivity index (χ4n) is 2.35. The van der Waals surface area contributed by atoms with Crippen molar-refractivity contribution in [1.29, 1.82) is 0 Å². The van der Waals surface area contributed by atoms with Gasteiger partial charge in [0.25, 0.3) is 17.5 Å². The first-order chi connectivity index (χ1) is 14.6. The van der Waals surface area contributed by atoms with E-state index in [4.69, 9.17) is 32.7 Å². The van der Waals surface area contributed by atoms with Crippen LogP contribution in [0.2, 0.25) is 10.0 Å². The van der Waals surface area contributed by atoms with Crippen molar-refractivity contribution in [3.63, 3.8) is 0 Å². The van der Waals surface area contributed by atoms with Crippen LogP contribution in [0.1, 0.15) is 17.3 Å². The van der Waals surface area contributed by atoms with Crippen molar-refractivity contribution in [2.75, 3.05) is 19.0 Å². The van der Waals surface area contributed by atoms with Crippen molar-refractivity contribution in [3.05, 3.63) is 62.1 Å². The smallest absolute Gasteiger partial charge is 0.326 e. The SMILES string of the molecule is COc1ccc(Cl)cc1NC(=O)C(C)OC(=O)CNC(=O)c1ccc(Cl)c([N+](=O)[O-])c1. The largest absolute Gasteiger partial charge is 0.495 e. The number of hydrogen-bond donors (Lipinski definition) is 2. The van der Waals surface area contributed by atoms with Gasteiger partial charge in [0.05, 0.1) is 17.7 Å². The molecule has 0 bridgehead atoms. The Labute approximate surface area is 186 Å². The number of nitro benzene ring substituents is 1. The standard InChI is InChI=1S/C19H17Cl2N3O7/c1-10(18(26)23-14-8-12(20)4-6-16(14)30-2)31-17(25)9-22-19(27)11-3-5-13(21)15(7-11)24(28)29/h3-8,10H,9H2,1-2H3,(H,22,27)(H,23,26). The molecule has 0 fully saturated rings. The van der Waals surface area contributed by atoms with E-state index in [0.717, 1.165) is 6.07 Å². The lowest BCUT2D eigenvalue weighted by atomic mass is 10.2. The van der Waals surface area contributed by atoms with Gasteiger partial charge in [-0.1, -0.05) is 23.2 Å². The van der Waals surface area contributed by atoms with Gasteiger partial charge in [0.15, 0.2) is 6.10 Å². The van der Waals surface area contributed by atoms with Crippen LogP contribution >= 0.6 is 23.2 Å². The maximum Gasteiger partial charge on any atom is 0.326 e. The number of rotatable bonds is 8. The zero-order chi connectivity index (χ0) is 23.1. The van der Waals surface area contributed by atoms with Gasteiger partial charge in [-0.05, 0) is 37.3 Å². The molecule has 0 aliphatic heterocycles. The van der Waals surface area contributed by atoms with Crippen molar-refractivity contribution < 1.29 is 28.8 Å². The molecule has 0 aliphatic carbocycles. The number of hydrogen-bond acceptors (Lipinski definition) is 7. The topological polar surface area (TPSA) is 137 Å². The highest BCUT2D eigenvalue weighted by atomic mass is 35.5. The normalized spacial score (nSPS) is 11.2. The molecule has 2 amide bonds. The molecule has 0 spiro atoms. The summed E-state index contributed by atoms with van der Waals surface area (Å²) in [6.45, 7) is 0.780. The number of nitro groups is 1. The quantitative estimate of drug-likeness (QED) is 0.343. The average molecular weight is 470 g/mol. The molecule has 0 aromatic heterocycles. The molecule has 2 rings (SSSR count). The molecule has 0 radical (unpaired) electrons. The van der Waals surface area contributed by atoms with Gasteiger partial charge in [-0.25, -0.2) is 0 Å². The molecule has 164 valence electrons. The summed E-state index contributed by atoms with van der Waals surface area (Å²) in [6.07, 6.45) is -1.19.